The summed E-state index contributed by atoms with van der Waals surface area (Å²) in [6.45, 7) is 5.94. The Hall–Kier alpha value is -0.980. The van der Waals surface area contributed by atoms with Crippen molar-refractivity contribution in [3.8, 4) is 0 Å². The summed E-state index contributed by atoms with van der Waals surface area (Å²) in [7, 11) is 0. The van der Waals surface area contributed by atoms with Crippen molar-refractivity contribution in [2.75, 3.05) is 0 Å². The second-order valence-corrected chi connectivity index (χ2v) is 2.65. The summed E-state index contributed by atoms with van der Waals surface area (Å²) in [6.07, 6.45) is 5.94. The molecule has 0 N–H and O–H groups in total. The minimum Gasteiger partial charge on any atom is -0.469 e. The smallest absolute Gasteiger partial charge is 0.110 e. The highest BCUT2D eigenvalue weighted by Gasteiger charge is 2.07. The minimum absolute atomic E-state index is 0.398. The van der Waals surface area contributed by atoms with Gasteiger partial charge in [0, 0.05) is 5.92 Å². The minimum atomic E-state index is 0.398. The van der Waals surface area contributed by atoms with Gasteiger partial charge in [-0.15, -0.1) is 6.58 Å². The van der Waals surface area contributed by atoms with Crippen LogP contribution in [0.1, 0.15) is 31.4 Å². The first-order valence-electron chi connectivity index (χ1n) is 4.04. The summed E-state index contributed by atoms with van der Waals surface area (Å²) in [4.78, 5) is 0. The Morgan fingerprint density at radius 1 is 1.73 bits per heavy atom. The van der Waals surface area contributed by atoms with E-state index in [1.165, 1.54) is 0 Å². The molecule has 1 rings (SSSR count). The van der Waals surface area contributed by atoms with Crippen LogP contribution < -0.4 is 0 Å². The molecule has 1 aromatic rings. The van der Waals surface area contributed by atoms with Gasteiger partial charge < -0.3 is 4.42 Å². The van der Waals surface area contributed by atoms with E-state index in [0.29, 0.717) is 5.92 Å². The molecule has 0 spiro atoms. The van der Waals surface area contributed by atoms with Crippen LogP contribution in [0.5, 0.6) is 0 Å². The van der Waals surface area contributed by atoms with Crippen molar-refractivity contribution in [1.82, 2.24) is 0 Å². The van der Waals surface area contributed by atoms with Gasteiger partial charge in [-0.3, -0.25) is 0 Å². The Balaban J connectivity index is 2.63. The molecule has 0 fully saturated rings. The number of allylic oxidation sites excluding steroid dienone is 1. The molecule has 0 saturated carbocycles. The highest BCUT2D eigenvalue weighted by atomic mass is 16.3. The quantitative estimate of drug-likeness (QED) is 0.600. The summed E-state index contributed by atoms with van der Waals surface area (Å²) in [5.41, 5.74) is 0. The molecule has 0 amide bonds. The van der Waals surface area contributed by atoms with Gasteiger partial charge in [0.1, 0.15) is 5.76 Å². The molecule has 1 aromatic heterocycles. The van der Waals surface area contributed by atoms with Crippen molar-refractivity contribution in [3.63, 3.8) is 0 Å². The SMILES string of the molecule is C=CC(CCC)c1ccco1. The van der Waals surface area contributed by atoms with Crippen molar-refractivity contribution in [2.45, 2.75) is 25.7 Å². The average molecular weight is 150 g/mol. The van der Waals surface area contributed by atoms with Crippen LogP contribution >= 0.6 is 0 Å². The van der Waals surface area contributed by atoms with E-state index < -0.39 is 0 Å². The zero-order chi connectivity index (χ0) is 8.10. The van der Waals surface area contributed by atoms with Crippen LogP contribution in [0.15, 0.2) is 35.5 Å². The van der Waals surface area contributed by atoms with Crippen molar-refractivity contribution in [2.24, 2.45) is 0 Å². The van der Waals surface area contributed by atoms with Crippen LogP contribution in [0.3, 0.4) is 0 Å². The van der Waals surface area contributed by atoms with Gasteiger partial charge in [-0.1, -0.05) is 19.4 Å². The summed E-state index contributed by atoms with van der Waals surface area (Å²) >= 11 is 0. The molecule has 0 saturated heterocycles. The standard InChI is InChI=1S/C10H14O/c1-3-6-9(4-2)10-7-5-8-11-10/h4-5,7-9H,2-3,6H2,1H3. The molecule has 1 heteroatoms. The fraction of sp³-hybridized carbons (Fsp3) is 0.400. The first-order chi connectivity index (χ1) is 5.38. The van der Waals surface area contributed by atoms with Gasteiger partial charge in [-0.25, -0.2) is 0 Å². The largest absolute Gasteiger partial charge is 0.469 e. The molecule has 1 unspecified atom stereocenters. The van der Waals surface area contributed by atoms with Gasteiger partial charge >= 0.3 is 0 Å². The lowest BCUT2D eigenvalue weighted by atomic mass is 10.0. The summed E-state index contributed by atoms with van der Waals surface area (Å²) < 4.78 is 5.27. The molecule has 11 heavy (non-hydrogen) atoms. The van der Waals surface area contributed by atoms with Crippen LogP contribution in [0, 0.1) is 0 Å². The molecule has 0 bridgehead atoms. The van der Waals surface area contributed by atoms with E-state index in [4.69, 9.17) is 4.42 Å². The van der Waals surface area contributed by atoms with Gasteiger partial charge in [0.25, 0.3) is 0 Å². The zero-order valence-electron chi connectivity index (χ0n) is 6.92. The lowest BCUT2D eigenvalue weighted by Crippen LogP contribution is -1.90. The summed E-state index contributed by atoms with van der Waals surface area (Å²) in [5, 5.41) is 0. The normalized spacial score (nSPS) is 12.8. The molecular formula is C10H14O. The number of hydrogen-bond acceptors (Lipinski definition) is 1. The molecule has 0 aliphatic heterocycles. The van der Waals surface area contributed by atoms with Crippen LogP contribution in [0.4, 0.5) is 0 Å². The fourth-order valence-electron chi connectivity index (χ4n) is 1.19. The first-order valence-corrected chi connectivity index (χ1v) is 4.04. The third kappa shape index (κ3) is 1.97. The molecule has 1 nitrogen and oxygen atoms in total. The van der Waals surface area contributed by atoms with Crippen LogP contribution in [-0.4, -0.2) is 0 Å². The monoisotopic (exact) mass is 150 g/mol. The van der Waals surface area contributed by atoms with E-state index in [-0.39, 0.29) is 0 Å². The molecule has 1 atom stereocenters. The van der Waals surface area contributed by atoms with Crippen LogP contribution in [0.25, 0.3) is 0 Å². The van der Waals surface area contributed by atoms with Gasteiger partial charge in [-0.05, 0) is 18.6 Å². The van der Waals surface area contributed by atoms with E-state index in [1.54, 1.807) is 6.26 Å². The van der Waals surface area contributed by atoms with Crippen LogP contribution in [0.2, 0.25) is 0 Å². The van der Waals surface area contributed by atoms with Gasteiger partial charge in [0.2, 0.25) is 0 Å². The Morgan fingerprint density at radius 2 is 2.55 bits per heavy atom. The zero-order valence-corrected chi connectivity index (χ0v) is 6.92. The van der Waals surface area contributed by atoms with E-state index in [2.05, 4.69) is 13.5 Å². The van der Waals surface area contributed by atoms with Gasteiger partial charge in [0.15, 0.2) is 0 Å². The number of rotatable bonds is 4. The fourth-order valence-corrected chi connectivity index (χ4v) is 1.19. The number of hydrogen-bond donors (Lipinski definition) is 0. The maximum atomic E-state index is 5.27. The lowest BCUT2D eigenvalue weighted by molar-refractivity contribution is 0.477. The average Bonchev–Trinajstić information content (AvgIpc) is 2.52. The van der Waals surface area contributed by atoms with E-state index in [9.17, 15) is 0 Å². The molecule has 0 aromatic carbocycles. The van der Waals surface area contributed by atoms with Crippen molar-refractivity contribution in [1.29, 1.82) is 0 Å². The second-order valence-electron chi connectivity index (χ2n) is 2.65. The van der Waals surface area contributed by atoms with Crippen LogP contribution in [-0.2, 0) is 0 Å². The Bertz CT molecular complexity index is 199. The Morgan fingerprint density at radius 3 is 3.00 bits per heavy atom. The maximum absolute atomic E-state index is 5.27. The number of furan rings is 1. The summed E-state index contributed by atoms with van der Waals surface area (Å²) in [6, 6.07) is 3.92. The van der Waals surface area contributed by atoms with Gasteiger partial charge in [0.05, 0.1) is 6.26 Å². The maximum Gasteiger partial charge on any atom is 0.110 e. The lowest BCUT2D eigenvalue weighted by Gasteiger charge is -2.05. The third-order valence-corrected chi connectivity index (χ3v) is 1.79. The van der Waals surface area contributed by atoms with Crippen molar-refractivity contribution < 1.29 is 4.42 Å². The van der Waals surface area contributed by atoms with E-state index in [0.717, 1.165) is 18.6 Å². The van der Waals surface area contributed by atoms with E-state index in [1.807, 2.05) is 18.2 Å². The van der Waals surface area contributed by atoms with Gasteiger partial charge in [-0.2, -0.15) is 0 Å². The van der Waals surface area contributed by atoms with Crippen molar-refractivity contribution in [3.05, 3.63) is 36.8 Å². The van der Waals surface area contributed by atoms with Crippen molar-refractivity contribution >= 4 is 0 Å². The molecule has 0 radical (unpaired) electrons. The molecule has 60 valence electrons. The highest BCUT2D eigenvalue weighted by molar-refractivity contribution is 5.10. The molecule has 0 aliphatic rings. The second kappa shape index (κ2) is 4.02. The molecule has 1 heterocycles. The van der Waals surface area contributed by atoms with E-state index >= 15 is 0 Å². The predicted molar refractivity (Wildman–Crippen MR) is 46.6 cm³/mol. The molecule has 0 aliphatic carbocycles. The summed E-state index contributed by atoms with van der Waals surface area (Å²) in [5.74, 6) is 1.43. The Labute approximate surface area is 67.7 Å². The molecular weight excluding hydrogens is 136 g/mol. The Kier molecular flexibility index (Phi) is 2.96. The topological polar surface area (TPSA) is 13.1 Å². The third-order valence-electron chi connectivity index (χ3n) is 1.79. The first kappa shape index (κ1) is 8.12. The predicted octanol–water partition coefficient (Wildman–Crippen LogP) is 3.35. The highest BCUT2D eigenvalue weighted by Crippen LogP contribution is 2.21.